The van der Waals surface area contributed by atoms with Gasteiger partial charge < -0.3 is 11.1 Å². The average Bonchev–Trinajstić information content (AvgIpc) is 2.80. The summed E-state index contributed by atoms with van der Waals surface area (Å²) in [5.74, 6) is -0.852. The zero-order valence-corrected chi connectivity index (χ0v) is 10.1. The molecule has 1 aromatic rings. The smallest absolute Gasteiger partial charge is 0.189 e. The first-order valence-electron chi connectivity index (χ1n) is 6.15. The molecular formula is C13H17F2N3. The van der Waals surface area contributed by atoms with Gasteiger partial charge in [0.05, 0.1) is 6.54 Å². The summed E-state index contributed by atoms with van der Waals surface area (Å²) in [6.07, 6.45) is 4.61. The lowest BCUT2D eigenvalue weighted by atomic mass is 10.2. The predicted molar refractivity (Wildman–Crippen MR) is 67.1 cm³/mol. The predicted octanol–water partition coefficient (Wildman–Crippen LogP) is 2.31. The molecule has 0 unspecified atom stereocenters. The maximum atomic E-state index is 13.3. The van der Waals surface area contributed by atoms with E-state index in [4.69, 9.17) is 5.73 Å². The molecule has 0 spiro atoms. The summed E-state index contributed by atoms with van der Waals surface area (Å²) in [5.41, 5.74) is 6.06. The Morgan fingerprint density at radius 1 is 1.33 bits per heavy atom. The Balaban J connectivity index is 1.92. The third-order valence-corrected chi connectivity index (χ3v) is 3.14. The Morgan fingerprint density at radius 3 is 2.72 bits per heavy atom. The van der Waals surface area contributed by atoms with Gasteiger partial charge in [0.1, 0.15) is 11.6 Å². The molecular weight excluding hydrogens is 236 g/mol. The second-order valence-electron chi connectivity index (χ2n) is 4.56. The van der Waals surface area contributed by atoms with Crippen LogP contribution in [0.5, 0.6) is 0 Å². The number of guanidine groups is 1. The maximum Gasteiger partial charge on any atom is 0.189 e. The van der Waals surface area contributed by atoms with E-state index in [1.165, 1.54) is 25.0 Å². The van der Waals surface area contributed by atoms with Crippen LogP contribution in [0.3, 0.4) is 0 Å². The molecule has 2 rings (SSSR count). The minimum absolute atomic E-state index is 0.123. The molecule has 0 aliphatic heterocycles. The number of hydrogen-bond donors (Lipinski definition) is 2. The summed E-state index contributed by atoms with van der Waals surface area (Å²) in [6, 6.07) is 3.84. The minimum Gasteiger partial charge on any atom is -0.370 e. The zero-order valence-electron chi connectivity index (χ0n) is 10.1. The van der Waals surface area contributed by atoms with E-state index in [-0.39, 0.29) is 6.54 Å². The van der Waals surface area contributed by atoms with Gasteiger partial charge in [-0.05, 0) is 18.9 Å². The normalized spacial score (nSPS) is 17.1. The molecule has 0 radical (unpaired) electrons. The van der Waals surface area contributed by atoms with Crippen LogP contribution in [-0.4, -0.2) is 12.0 Å². The van der Waals surface area contributed by atoms with Crippen molar-refractivity contribution in [1.82, 2.24) is 5.32 Å². The van der Waals surface area contributed by atoms with Gasteiger partial charge in [-0.2, -0.15) is 0 Å². The van der Waals surface area contributed by atoms with Crippen LogP contribution in [0.2, 0.25) is 0 Å². The van der Waals surface area contributed by atoms with E-state index in [9.17, 15) is 8.78 Å². The van der Waals surface area contributed by atoms with Crippen LogP contribution in [0, 0.1) is 11.6 Å². The highest BCUT2D eigenvalue weighted by atomic mass is 19.1. The van der Waals surface area contributed by atoms with Crippen molar-refractivity contribution in [1.29, 1.82) is 0 Å². The number of halogens is 2. The fourth-order valence-corrected chi connectivity index (χ4v) is 2.15. The fraction of sp³-hybridized carbons (Fsp3) is 0.462. The molecule has 98 valence electrons. The lowest BCUT2D eigenvalue weighted by Gasteiger charge is -2.12. The van der Waals surface area contributed by atoms with Crippen LogP contribution in [-0.2, 0) is 6.54 Å². The Bertz CT molecular complexity index is 440. The third-order valence-electron chi connectivity index (χ3n) is 3.14. The Labute approximate surface area is 105 Å². The quantitative estimate of drug-likeness (QED) is 0.641. The molecule has 0 aromatic heterocycles. The van der Waals surface area contributed by atoms with Crippen LogP contribution in [0.25, 0.3) is 0 Å². The molecule has 5 heteroatoms. The average molecular weight is 253 g/mol. The molecule has 1 aliphatic rings. The number of nitrogens with one attached hydrogen (secondary N) is 1. The van der Waals surface area contributed by atoms with Crippen molar-refractivity contribution in [2.45, 2.75) is 38.3 Å². The van der Waals surface area contributed by atoms with Gasteiger partial charge in [-0.25, -0.2) is 13.8 Å². The van der Waals surface area contributed by atoms with Gasteiger partial charge in [-0.3, -0.25) is 0 Å². The van der Waals surface area contributed by atoms with Crippen molar-refractivity contribution >= 4 is 5.96 Å². The Morgan fingerprint density at radius 2 is 2.06 bits per heavy atom. The molecule has 3 nitrogen and oxygen atoms in total. The van der Waals surface area contributed by atoms with Crippen molar-refractivity contribution < 1.29 is 8.78 Å². The van der Waals surface area contributed by atoms with Crippen LogP contribution in [0.15, 0.2) is 23.2 Å². The number of benzene rings is 1. The molecule has 0 amide bonds. The highest BCUT2D eigenvalue weighted by Gasteiger charge is 2.14. The summed E-state index contributed by atoms with van der Waals surface area (Å²) in [7, 11) is 0. The van der Waals surface area contributed by atoms with Crippen LogP contribution >= 0.6 is 0 Å². The Hall–Kier alpha value is -1.65. The Kier molecular flexibility index (Phi) is 4.12. The summed E-state index contributed by atoms with van der Waals surface area (Å²) in [4.78, 5) is 4.07. The summed E-state index contributed by atoms with van der Waals surface area (Å²) in [6.45, 7) is 0.123. The lowest BCUT2D eigenvalue weighted by Crippen LogP contribution is -2.38. The largest absolute Gasteiger partial charge is 0.370 e. The molecule has 18 heavy (non-hydrogen) atoms. The first kappa shape index (κ1) is 12.8. The van der Waals surface area contributed by atoms with Crippen molar-refractivity contribution in [3.8, 4) is 0 Å². The second kappa shape index (κ2) is 5.80. The highest BCUT2D eigenvalue weighted by molar-refractivity contribution is 5.78. The molecule has 0 heterocycles. The van der Waals surface area contributed by atoms with E-state index in [0.29, 0.717) is 17.6 Å². The standard InChI is InChI=1S/C13H17F2N3/c14-10-6-5-9(12(15)7-10)8-17-13(16)18-11-3-1-2-4-11/h5-7,11H,1-4,8H2,(H3,16,17,18). The van der Waals surface area contributed by atoms with E-state index >= 15 is 0 Å². The van der Waals surface area contributed by atoms with Gasteiger partial charge in [-0.1, -0.05) is 18.9 Å². The van der Waals surface area contributed by atoms with Gasteiger partial charge in [0.15, 0.2) is 5.96 Å². The van der Waals surface area contributed by atoms with Crippen molar-refractivity contribution in [2.24, 2.45) is 10.7 Å². The number of hydrogen-bond acceptors (Lipinski definition) is 1. The van der Waals surface area contributed by atoms with Crippen LogP contribution in [0.4, 0.5) is 8.78 Å². The molecule has 0 atom stereocenters. The van der Waals surface area contributed by atoms with E-state index in [0.717, 1.165) is 18.9 Å². The molecule has 0 bridgehead atoms. The first-order chi connectivity index (χ1) is 8.65. The SMILES string of the molecule is NC(=NCc1ccc(F)cc1F)NC1CCCC1. The molecule has 1 aromatic carbocycles. The van der Waals surface area contributed by atoms with Crippen molar-refractivity contribution in [3.63, 3.8) is 0 Å². The summed E-state index contributed by atoms with van der Waals surface area (Å²) >= 11 is 0. The van der Waals surface area contributed by atoms with Crippen molar-refractivity contribution in [3.05, 3.63) is 35.4 Å². The van der Waals surface area contributed by atoms with E-state index in [1.54, 1.807) is 0 Å². The lowest BCUT2D eigenvalue weighted by molar-refractivity contribution is 0.572. The molecule has 0 saturated heterocycles. The van der Waals surface area contributed by atoms with Gasteiger partial charge in [0.2, 0.25) is 0 Å². The van der Waals surface area contributed by atoms with Crippen LogP contribution < -0.4 is 11.1 Å². The van der Waals surface area contributed by atoms with E-state index in [1.807, 2.05) is 0 Å². The fourth-order valence-electron chi connectivity index (χ4n) is 2.15. The molecule has 1 fully saturated rings. The summed E-state index contributed by atoms with van der Waals surface area (Å²) in [5, 5.41) is 3.11. The van der Waals surface area contributed by atoms with Gasteiger partial charge in [-0.15, -0.1) is 0 Å². The summed E-state index contributed by atoms with van der Waals surface area (Å²) < 4.78 is 26.0. The molecule has 3 N–H and O–H groups in total. The molecule has 1 aliphatic carbocycles. The van der Waals surface area contributed by atoms with Gasteiger partial charge in [0.25, 0.3) is 0 Å². The third kappa shape index (κ3) is 3.42. The van der Waals surface area contributed by atoms with Gasteiger partial charge in [0, 0.05) is 17.7 Å². The highest BCUT2D eigenvalue weighted by Crippen LogP contribution is 2.17. The van der Waals surface area contributed by atoms with Crippen molar-refractivity contribution in [2.75, 3.05) is 0 Å². The first-order valence-corrected chi connectivity index (χ1v) is 6.15. The minimum atomic E-state index is -0.590. The van der Waals surface area contributed by atoms with Crippen LogP contribution in [0.1, 0.15) is 31.2 Å². The number of aliphatic imine (C=N–C) groups is 1. The number of nitrogens with two attached hydrogens (primary N) is 1. The topological polar surface area (TPSA) is 50.4 Å². The zero-order chi connectivity index (χ0) is 13.0. The number of rotatable bonds is 3. The number of nitrogens with zero attached hydrogens (tertiary/aromatic N) is 1. The second-order valence-corrected chi connectivity index (χ2v) is 4.56. The monoisotopic (exact) mass is 253 g/mol. The molecule has 1 saturated carbocycles. The van der Waals surface area contributed by atoms with E-state index < -0.39 is 11.6 Å². The van der Waals surface area contributed by atoms with E-state index in [2.05, 4.69) is 10.3 Å². The maximum absolute atomic E-state index is 13.3. The van der Waals surface area contributed by atoms with Gasteiger partial charge >= 0.3 is 0 Å².